The molecule has 32 heavy (non-hydrogen) atoms. The lowest BCUT2D eigenvalue weighted by molar-refractivity contribution is -0.118. The van der Waals surface area contributed by atoms with E-state index < -0.39 is 0 Å². The molecule has 1 heterocycles. The standard InChI is InChI=1S/C24H18Cl2N2O3S/c1-30-20-13-15(10-12-23-27-18-7-2-3-8-21(18)32-23)9-11-19(20)31-14-22(29)28-24-16(25)5-4-6-17(24)26/h2-13H,14H2,1H3,(H,28,29)/b12-10+. The summed E-state index contributed by atoms with van der Waals surface area (Å²) in [5.74, 6) is 0.576. The molecule has 8 heteroatoms. The SMILES string of the molecule is COc1cc(/C=C/c2nc3ccccc3s2)ccc1OCC(=O)Nc1c(Cl)cccc1Cl. The summed E-state index contributed by atoms with van der Waals surface area (Å²) >= 11 is 13.8. The Morgan fingerprint density at radius 1 is 1.03 bits per heavy atom. The van der Waals surface area contributed by atoms with Crippen LogP contribution in [0.5, 0.6) is 11.5 Å². The van der Waals surface area contributed by atoms with Crippen LogP contribution < -0.4 is 14.8 Å². The zero-order valence-electron chi connectivity index (χ0n) is 17.0. The van der Waals surface area contributed by atoms with Crippen molar-refractivity contribution in [1.82, 2.24) is 4.98 Å². The average molecular weight is 485 g/mol. The number of para-hydroxylation sites is 2. The van der Waals surface area contributed by atoms with Crippen molar-refractivity contribution in [2.24, 2.45) is 0 Å². The Kier molecular flexibility index (Phi) is 6.95. The van der Waals surface area contributed by atoms with Gasteiger partial charge in [-0.25, -0.2) is 4.98 Å². The predicted octanol–water partition coefficient (Wildman–Crippen LogP) is 6.80. The summed E-state index contributed by atoms with van der Waals surface area (Å²) in [6.45, 7) is -0.223. The molecular formula is C24H18Cl2N2O3S. The van der Waals surface area contributed by atoms with Crippen LogP contribution in [-0.4, -0.2) is 24.6 Å². The van der Waals surface area contributed by atoms with E-state index in [1.807, 2.05) is 42.5 Å². The zero-order valence-corrected chi connectivity index (χ0v) is 19.3. The Morgan fingerprint density at radius 2 is 1.81 bits per heavy atom. The molecule has 1 amide bonds. The Balaban J connectivity index is 1.42. The molecule has 5 nitrogen and oxygen atoms in total. The second kappa shape index (κ2) is 10.0. The van der Waals surface area contributed by atoms with Crippen LogP contribution >= 0.6 is 34.5 Å². The van der Waals surface area contributed by atoms with Gasteiger partial charge in [0.25, 0.3) is 5.91 Å². The maximum atomic E-state index is 12.3. The van der Waals surface area contributed by atoms with Crippen molar-refractivity contribution in [1.29, 1.82) is 0 Å². The third-order valence-electron chi connectivity index (χ3n) is 4.50. The minimum atomic E-state index is -0.387. The fourth-order valence-corrected chi connectivity index (χ4v) is 4.33. The van der Waals surface area contributed by atoms with Crippen LogP contribution in [0, 0.1) is 0 Å². The van der Waals surface area contributed by atoms with Gasteiger partial charge in [-0.3, -0.25) is 4.79 Å². The number of benzene rings is 3. The van der Waals surface area contributed by atoms with Gasteiger partial charge in [0.15, 0.2) is 18.1 Å². The maximum Gasteiger partial charge on any atom is 0.262 e. The molecule has 1 aromatic heterocycles. The lowest BCUT2D eigenvalue weighted by Crippen LogP contribution is -2.20. The Morgan fingerprint density at radius 3 is 2.56 bits per heavy atom. The summed E-state index contributed by atoms with van der Waals surface area (Å²) < 4.78 is 12.2. The van der Waals surface area contributed by atoms with Crippen LogP contribution in [0.4, 0.5) is 5.69 Å². The summed E-state index contributed by atoms with van der Waals surface area (Å²) in [7, 11) is 1.55. The second-order valence-electron chi connectivity index (χ2n) is 6.70. The third kappa shape index (κ3) is 5.22. The molecular weight excluding hydrogens is 467 g/mol. The van der Waals surface area contributed by atoms with E-state index in [1.165, 1.54) is 0 Å². The largest absolute Gasteiger partial charge is 0.493 e. The molecule has 0 saturated carbocycles. The molecule has 4 rings (SSSR count). The Labute approximate surface area is 199 Å². The van der Waals surface area contributed by atoms with Crippen molar-refractivity contribution < 1.29 is 14.3 Å². The van der Waals surface area contributed by atoms with Gasteiger partial charge in [0.2, 0.25) is 0 Å². The number of rotatable bonds is 7. The molecule has 0 aliphatic heterocycles. The van der Waals surface area contributed by atoms with Gasteiger partial charge in [-0.1, -0.05) is 53.5 Å². The van der Waals surface area contributed by atoms with E-state index in [2.05, 4.69) is 16.4 Å². The van der Waals surface area contributed by atoms with Crippen LogP contribution in [0.1, 0.15) is 10.6 Å². The monoisotopic (exact) mass is 484 g/mol. The molecule has 0 atom stereocenters. The van der Waals surface area contributed by atoms with Crippen molar-refractivity contribution >= 4 is 68.5 Å². The fourth-order valence-electron chi connectivity index (χ4n) is 2.97. The van der Waals surface area contributed by atoms with Gasteiger partial charge in [0.05, 0.1) is 33.1 Å². The number of amides is 1. The van der Waals surface area contributed by atoms with Gasteiger partial charge in [0, 0.05) is 0 Å². The van der Waals surface area contributed by atoms with Gasteiger partial charge in [-0.05, 0) is 48.0 Å². The summed E-state index contributed by atoms with van der Waals surface area (Å²) in [5.41, 5.74) is 2.25. The van der Waals surface area contributed by atoms with Crippen LogP contribution in [0.15, 0.2) is 60.7 Å². The van der Waals surface area contributed by atoms with Crippen molar-refractivity contribution in [3.63, 3.8) is 0 Å². The molecule has 0 fully saturated rings. The van der Waals surface area contributed by atoms with Crippen molar-refractivity contribution in [2.45, 2.75) is 0 Å². The zero-order chi connectivity index (χ0) is 22.5. The van der Waals surface area contributed by atoms with E-state index >= 15 is 0 Å². The highest BCUT2D eigenvalue weighted by atomic mass is 35.5. The number of hydrogen-bond donors (Lipinski definition) is 1. The van der Waals surface area contributed by atoms with E-state index in [9.17, 15) is 4.79 Å². The molecule has 1 N–H and O–H groups in total. The summed E-state index contributed by atoms with van der Waals surface area (Å²) in [4.78, 5) is 16.9. The summed E-state index contributed by atoms with van der Waals surface area (Å²) in [5, 5.41) is 4.29. The first-order valence-electron chi connectivity index (χ1n) is 9.62. The summed E-state index contributed by atoms with van der Waals surface area (Å²) in [6.07, 6.45) is 3.91. The van der Waals surface area contributed by atoms with E-state index in [4.69, 9.17) is 32.7 Å². The molecule has 162 valence electrons. The predicted molar refractivity (Wildman–Crippen MR) is 132 cm³/mol. The average Bonchev–Trinajstić information content (AvgIpc) is 3.22. The van der Waals surface area contributed by atoms with Gasteiger partial charge in [-0.2, -0.15) is 0 Å². The molecule has 0 aliphatic rings. The minimum Gasteiger partial charge on any atom is -0.493 e. The first-order chi connectivity index (χ1) is 15.5. The molecule has 0 spiro atoms. The summed E-state index contributed by atoms with van der Waals surface area (Å²) in [6, 6.07) is 18.5. The molecule has 0 aliphatic carbocycles. The van der Waals surface area contributed by atoms with Crippen LogP contribution in [0.3, 0.4) is 0 Å². The first-order valence-corrected chi connectivity index (χ1v) is 11.2. The maximum absolute atomic E-state index is 12.3. The van der Waals surface area contributed by atoms with Gasteiger partial charge >= 0.3 is 0 Å². The number of thiazole rings is 1. The van der Waals surface area contributed by atoms with E-state index in [-0.39, 0.29) is 12.5 Å². The normalized spacial score (nSPS) is 11.1. The number of carbonyl (C=O) groups is 1. The first kappa shape index (κ1) is 22.1. The van der Waals surface area contributed by atoms with E-state index in [0.29, 0.717) is 27.2 Å². The third-order valence-corrected chi connectivity index (χ3v) is 6.13. The number of methoxy groups -OCH3 is 1. The highest BCUT2D eigenvalue weighted by molar-refractivity contribution is 7.19. The highest BCUT2D eigenvalue weighted by Crippen LogP contribution is 2.31. The smallest absolute Gasteiger partial charge is 0.262 e. The molecule has 0 unspecified atom stereocenters. The van der Waals surface area contributed by atoms with Crippen LogP contribution in [0.2, 0.25) is 10.0 Å². The quantitative estimate of drug-likeness (QED) is 0.313. The highest BCUT2D eigenvalue weighted by Gasteiger charge is 2.12. The van der Waals surface area contributed by atoms with E-state index in [1.54, 1.807) is 42.7 Å². The Bertz CT molecular complexity index is 1250. The van der Waals surface area contributed by atoms with Crippen molar-refractivity contribution in [3.8, 4) is 11.5 Å². The number of ether oxygens (including phenoxy) is 2. The lowest BCUT2D eigenvalue weighted by Gasteiger charge is -2.12. The molecule has 3 aromatic carbocycles. The number of aromatic nitrogens is 1. The minimum absolute atomic E-state index is 0.223. The van der Waals surface area contributed by atoms with E-state index in [0.717, 1.165) is 20.8 Å². The molecule has 4 aromatic rings. The van der Waals surface area contributed by atoms with Crippen LogP contribution in [-0.2, 0) is 4.79 Å². The number of hydrogen-bond acceptors (Lipinski definition) is 5. The second-order valence-corrected chi connectivity index (χ2v) is 8.57. The van der Waals surface area contributed by atoms with Gasteiger partial charge < -0.3 is 14.8 Å². The molecule has 0 radical (unpaired) electrons. The molecule has 0 bridgehead atoms. The number of nitrogens with zero attached hydrogens (tertiary/aromatic N) is 1. The Hall–Kier alpha value is -3.06. The lowest BCUT2D eigenvalue weighted by atomic mass is 10.2. The fraction of sp³-hybridized carbons (Fsp3) is 0.0833. The number of carbonyl (C=O) groups excluding carboxylic acids is 1. The number of anilines is 1. The number of nitrogens with one attached hydrogen (secondary N) is 1. The number of halogens is 2. The van der Waals surface area contributed by atoms with Crippen molar-refractivity contribution in [2.75, 3.05) is 19.0 Å². The van der Waals surface area contributed by atoms with Crippen molar-refractivity contribution in [3.05, 3.63) is 81.3 Å². The number of fused-ring (bicyclic) bond motifs is 1. The van der Waals surface area contributed by atoms with Crippen LogP contribution in [0.25, 0.3) is 22.4 Å². The van der Waals surface area contributed by atoms with Gasteiger partial charge in [0.1, 0.15) is 5.01 Å². The molecule has 0 saturated heterocycles. The van der Waals surface area contributed by atoms with Gasteiger partial charge in [-0.15, -0.1) is 11.3 Å². The topological polar surface area (TPSA) is 60.5 Å².